The summed E-state index contributed by atoms with van der Waals surface area (Å²) >= 11 is 0. The van der Waals surface area contributed by atoms with E-state index in [-0.39, 0.29) is 31.3 Å². The molecule has 1 aromatic rings. The number of urea groups is 1. The van der Waals surface area contributed by atoms with Gasteiger partial charge in [-0.2, -0.15) is 0 Å². The van der Waals surface area contributed by atoms with Crippen LogP contribution in [0.2, 0.25) is 0 Å². The Kier molecular flexibility index (Phi) is 5.97. The van der Waals surface area contributed by atoms with Crippen LogP contribution in [0.3, 0.4) is 0 Å². The average Bonchev–Trinajstić information content (AvgIpc) is 2.93. The number of piperidine rings is 1. The topological polar surface area (TPSA) is 122 Å². The normalized spacial score (nSPS) is 24.6. The number of hydrogen-bond donors (Lipinski definition) is 4. The van der Waals surface area contributed by atoms with E-state index in [0.717, 1.165) is 0 Å². The molecule has 9 nitrogen and oxygen atoms in total. The summed E-state index contributed by atoms with van der Waals surface area (Å²) in [5, 5.41) is 26.7. The summed E-state index contributed by atoms with van der Waals surface area (Å²) in [4.78, 5) is 38.8. The third-order valence-corrected chi connectivity index (χ3v) is 5.38. The van der Waals surface area contributed by atoms with E-state index < -0.39 is 24.4 Å². The molecule has 0 saturated carbocycles. The number of fused-ring (bicyclic) bond motifs is 1. The molecule has 28 heavy (non-hydrogen) atoms. The van der Waals surface area contributed by atoms with Gasteiger partial charge in [-0.15, -0.1) is 0 Å². The molecule has 0 radical (unpaired) electrons. The van der Waals surface area contributed by atoms with Crippen LogP contribution in [0.25, 0.3) is 0 Å². The van der Waals surface area contributed by atoms with Crippen molar-refractivity contribution in [1.82, 2.24) is 20.4 Å². The molecule has 2 aliphatic rings. The summed E-state index contributed by atoms with van der Waals surface area (Å²) in [7, 11) is 0. The van der Waals surface area contributed by atoms with Crippen molar-refractivity contribution in [2.75, 3.05) is 13.1 Å². The average molecular weight is 390 g/mol. The largest absolute Gasteiger partial charge is 0.374 e. The Balaban J connectivity index is 1.81. The smallest absolute Gasteiger partial charge is 0.317 e. The third kappa shape index (κ3) is 3.60. The molecule has 9 heteroatoms. The Bertz CT molecular complexity index is 780. The first-order chi connectivity index (χ1) is 13.4. The molecular formula is C19H26N4O5. The molecule has 1 fully saturated rings. The number of rotatable bonds is 5. The fourth-order valence-electron chi connectivity index (χ4n) is 3.87. The Hall–Kier alpha value is -2.49. The van der Waals surface area contributed by atoms with Crippen LogP contribution in [-0.4, -0.2) is 57.0 Å². The fraction of sp³-hybridized carbons (Fsp3) is 0.526. The fourth-order valence-corrected chi connectivity index (χ4v) is 3.87. The van der Waals surface area contributed by atoms with Crippen LogP contribution in [0.5, 0.6) is 0 Å². The van der Waals surface area contributed by atoms with Crippen molar-refractivity contribution in [3.63, 3.8) is 0 Å². The van der Waals surface area contributed by atoms with E-state index in [4.69, 9.17) is 0 Å². The van der Waals surface area contributed by atoms with Gasteiger partial charge in [0, 0.05) is 37.2 Å². The number of benzene rings is 1. The van der Waals surface area contributed by atoms with Crippen molar-refractivity contribution in [2.45, 2.75) is 51.7 Å². The summed E-state index contributed by atoms with van der Waals surface area (Å²) in [6, 6.07) is 4.17. The Morgan fingerprint density at radius 3 is 2.61 bits per heavy atom. The van der Waals surface area contributed by atoms with E-state index in [2.05, 4.69) is 10.6 Å². The lowest BCUT2D eigenvalue weighted by molar-refractivity contribution is -0.154. The minimum absolute atomic E-state index is 0.148. The van der Waals surface area contributed by atoms with Crippen molar-refractivity contribution >= 4 is 17.8 Å². The molecule has 2 aliphatic heterocycles. The number of aliphatic hydroxyl groups is 2. The number of nitrogens with zero attached hydrogens (tertiary/aromatic N) is 2. The maximum absolute atomic E-state index is 12.2. The number of aliphatic hydroxyl groups excluding tert-OH is 2. The molecule has 0 spiro atoms. The van der Waals surface area contributed by atoms with Crippen LogP contribution in [0.4, 0.5) is 4.79 Å². The first kappa shape index (κ1) is 20.2. The van der Waals surface area contributed by atoms with Gasteiger partial charge in [0.05, 0.1) is 6.04 Å². The molecule has 4 N–H and O–H groups in total. The zero-order valence-electron chi connectivity index (χ0n) is 16.0. The molecule has 3 unspecified atom stereocenters. The SMILES string of the molecule is CCN(CC)C(=O)NCc1cccc2c1C(O)N(C1CCC(=O)NC1=O)C2O. The molecule has 0 aliphatic carbocycles. The molecule has 2 heterocycles. The van der Waals surface area contributed by atoms with Crippen LogP contribution < -0.4 is 10.6 Å². The number of carbonyl (C=O) groups is 3. The second kappa shape index (κ2) is 8.26. The summed E-state index contributed by atoms with van der Waals surface area (Å²) in [6.45, 7) is 5.13. The number of hydrogen-bond acceptors (Lipinski definition) is 6. The van der Waals surface area contributed by atoms with Crippen LogP contribution in [0.15, 0.2) is 18.2 Å². The molecule has 0 bridgehead atoms. The maximum Gasteiger partial charge on any atom is 0.317 e. The van der Waals surface area contributed by atoms with Gasteiger partial charge < -0.3 is 20.4 Å². The summed E-state index contributed by atoms with van der Waals surface area (Å²) in [5.41, 5.74) is 1.64. The lowest BCUT2D eigenvalue weighted by atomic mass is 10.0. The molecule has 152 valence electrons. The van der Waals surface area contributed by atoms with E-state index in [0.29, 0.717) is 29.8 Å². The zero-order chi connectivity index (χ0) is 20.4. The highest BCUT2D eigenvalue weighted by molar-refractivity contribution is 6.00. The number of imide groups is 1. The van der Waals surface area contributed by atoms with Crippen LogP contribution in [-0.2, 0) is 16.1 Å². The van der Waals surface area contributed by atoms with E-state index in [9.17, 15) is 24.6 Å². The van der Waals surface area contributed by atoms with Gasteiger partial charge in [0.1, 0.15) is 12.5 Å². The molecule has 0 aromatic heterocycles. The summed E-state index contributed by atoms with van der Waals surface area (Å²) in [5.74, 6) is -0.889. The molecule has 1 aromatic carbocycles. The van der Waals surface area contributed by atoms with Gasteiger partial charge in [-0.1, -0.05) is 18.2 Å². The highest BCUT2D eigenvalue weighted by Crippen LogP contribution is 2.43. The van der Waals surface area contributed by atoms with E-state index >= 15 is 0 Å². The van der Waals surface area contributed by atoms with Gasteiger partial charge in [0.15, 0.2) is 0 Å². The van der Waals surface area contributed by atoms with Crippen molar-refractivity contribution in [2.24, 2.45) is 0 Å². The first-order valence-electron chi connectivity index (χ1n) is 9.50. The third-order valence-electron chi connectivity index (χ3n) is 5.38. The molecule has 3 rings (SSSR count). The van der Waals surface area contributed by atoms with E-state index in [1.165, 1.54) is 4.90 Å². The van der Waals surface area contributed by atoms with Gasteiger partial charge >= 0.3 is 6.03 Å². The van der Waals surface area contributed by atoms with Crippen molar-refractivity contribution in [3.8, 4) is 0 Å². The Morgan fingerprint density at radius 2 is 1.96 bits per heavy atom. The molecular weight excluding hydrogens is 364 g/mol. The minimum Gasteiger partial charge on any atom is -0.374 e. The lowest BCUT2D eigenvalue weighted by Crippen LogP contribution is -2.52. The summed E-state index contributed by atoms with van der Waals surface area (Å²) in [6.07, 6.45) is -2.01. The Morgan fingerprint density at radius 1 is 1.25 bits per heavy atom. The van der Waals surface area contributed by atoms with Crippen LogP contribution in [0, 0.1) is 0 Å². The highest BCUT2D eigenvalue weighted by atomic mass is 16.3. The van der Waals surface area contributed by atoms with Crippen molar-refractivity contribution in [3.05, 3.63) is 34.9 Å². The molecule has 4 amide bonds. The quantitative estimate of drug-likeness (QED) is 0.538. The number of nitrogens with one attached hydrogen (secondary N) is 2. The predicted octanol–water partition coefficient (Wildman–Crippen LogP) is 0.341. The molecule has 1 saturated heterocycles. The first-order valence-corrected chi connectivity index (χ1v) is 9.50. The second-order valence-corrected chi connectivity index (χ2v) is 6.91. The number of amides is 4. The zero-order valence-corrected chi connectivity index (χ0v) is 16.0. The predicted molar refractivity (Wildman–Crippen MR) is 99.5 cm³/mol. The Labute approximate surface area is 163 Å². The van der Waals surface area contributed by atoms with E-state index in [1.807, 2.05) is 13.8 Å². The number of carbonyl (C=O) groups excluding carboxylic acids is 3. The highest BCUT2D eigenvalue weighted by Gasteiger charge is 2.45. The second-order valence-electron chi connectivity index (χ2n) is 6.91. The summed E-state index contributed by atoms with van der Waals surface area (Å²) < 4.78 is 0. The van der Waals surface area contributed by atoms with Gasteiger partial charge in [-0.25, -0.2) is 9.69 Å². The van der Waals surface area contributed by atoms with Crippen molar-refractivity contribution in [1.29, 1.82) is 0 Å². The van der Waals surface area contributed by atoms with Crippen LogP contribution >= 0.6 is 0 Å². The lowest BCUT2D eigenvalue weighted by Gasteiger charge is -2.34. The van der Waals surface area contributed by atoms with Gasteiger partial charge in [-0.3, -0.25) is 14.9 Å². The molecule has 3 atom stereocenters. The van der Waals surface area contributed by atoms with Gasteiger partial charge in [0.2, 0.25) is 11.8 Å². The standard InChI is InChI=1S/C19H26N4O5/c1-3-22(4-2)19(28)20-10-11-6-5-7-12-15(11)18(27)23(17(12)26)13-8-9-14(24)21-16(13)25/h5-7,13,17-18,26-27H,3-4,8-10H2,1-2H3,(H,20,28)(H,21,24,25). The van der Waals surface area contributed by atoms with Crippen molar-refractivity contribution < 1.29 is 24.6 Å². The minimum atomic E-state index is -1.21. The van der Waals surface area contributed by atoms with Gasteiger partial charge in [0.25, 0.3) is 0 Å². The maximum atomic E-state index is 12.2. The van der Waals surface area contributed by atoms with Crippen LogP contribution in [0.1, 0.15) is 55.8 Å². The monoisotopic (exact) mass is 390 g/mol. The van der Waals surface area contributed by atoms with Gasteiger partial charge in [-0.05, 0) is 25.8 Å². The van der Waals surface area contributed by atoms with E-state index in [1.54, 1.807) is 23.1 Å².